The molecule has 0 saturated carbocycles. The maximum absolute atomic E-state index is 6.35. The fourth-order valence-electron chi connectivity index (χ4n) is 6.43. The first-order chi connectivity index (χ1) is 23.8. The van der Waals surface area contributed by atoms with Gasteiger partial charge in [0.15, 0.2) is 0 Å². The third kappa shape index (κ3) is 9.07. The van der Waals surface area contributed by atoms with Crippen LogP contribution in [0, 0.1) is 25.0 Å². The maximum atomic E-state index is 6.35. The van der Waals surface area contributed by atoms with Crippen molar-refractivity contribution in [2.75, 3.05) is 0 Å². The summed E-state index contributed by atoms with van der Waals surface area (Å²) >= 11 is -1.86. The molecule has 3 heterocycles. The van der Waals surface area contributed by atoms with E-state index in [4.69, 9.17) is 9.40 Å². The molecular weight excluding hydrogens is 877 g/mol. The van der Waals surface area contributed by atoms with Gasteiger partial charge in [-0.1, -0.05) is 83.8 Å². The Morgan fingerprint density at radius 2 is 1.51 bits per heavy atom. The molecule has 0 bridgehead atoms. The van der Waals surface area contributed by atoms with Crippen molar-refractivity contribution >= 4 is 52.9 Å². The predicted molar refractivity (Wildman–Crippen MR) is 219 cm³/mol. The van der Waals surface area contributed by atoms with Gasteiger partial charge >= 0.3 is 126 Å². The molecule has 1 radical (unpaired) electrons. The van der Waals surface area contributed by atoms with E-state index in [1.807, 2.05) is 36.5 Å². The van der Waals surface area contributed by atoms with Gasteiger partial charge in [-0.2, -0.15) is 0 Å². The predicted octanol–water partition coefficient (Wildman–Crippen LogP) is 11.3. The smallest absolute Gasteiger partial charge is 0.121 e. The number of rotatable bonds is 7. The number of benzene rings is 4. The van der Waals surface area contributed by atoms with Crippen molar-refractivity contribution in [3.8, 4) is 33.6 Å². The Bertz CT molecular complexity index is 2250. The van der Waals surface area contributed by atoms with Gasteiger partial charge in [-0.3, -0.25) is 0 Å². The summed E-state index contributed by atoms with van der Waals surface area (Å²) in [6.07, 6.45) is 5.11. The molecule has 0 amide bonds. The number of hydrogen-bond acceptors (Lipinski definition) is 3. The van der Waals surface area contributed by atoms with Crippen LogP contribution in [-0.4, -0.2) is 31.3 Å². The summed E-state index contributed by atoms with van der Waals surface area (Å²) in [6.45, 7) is 13.8. The second-order valence-electron chi connectivity index (χ2n) is 15.8. The zero-order valence-corrected chi connectivity index (χ0v) is 36.8. The van der Waals surface area contributed by atoms with Crippen molar-refractivity contribution in [3.05, 3.63) is 133 Å². The van der Waals surface area contributed by atoms with Gasteiger partial charge in [0, 0.05) is 31.7 Å². The number of fused-ring (bicyclic) bond motifs is 3. The van der Waals surface area contributed by atoms with Crippen molar-refractivity contribution in [2.45, 2.75) is 64.1 Å². The number of aromatic nitrogens is 2. The van der Waals surface area contributed by atoms with Gasteiger partial charge in [0.05, 0.1) is 13.7 Å². The van der Waals surface area contributed by atoms with Crippen LogP contribution < -0.4 is 9.58 Å². The average Bonchev–Trinajstić information content (AvgIpc) is 3.46. The zero-order chi connectivity index (χ0) is 35.6. The Kier molecular flexibility index (Phi) is 12.1. The number of aryl methyl sites for hydroxylation is 1. The van der Waals surface area contributed by atoms with Crippen LogP contribution >= 0.6 is 0 Å². The second-order valence-corrected chi connectivity index (χ2v) is 31.5. The standard InChI is InChI=1S/C27H24NOSi.C18H24GeN.Ir/c1-18-14-15-28-25(16-18)24-7-5-6-23-22-13-10-20(17-26(22)29-27(23)24)19-8-11-21(12-9-19)30(2,3)4;1-14(2)11-16-12-18(15-9-7-6-8-10-15)20-13-17(16)19(3,4)5;/h5-6,8-17H,1-4H3;6-9,12-14H,11H2,1-5H3;/q2*-1;. The van der Waals surface area contributed by atoms with E-state index in [0.29, 0.717) is 5.92 Å². The Hall–Kier alpha value is -3.61. The minimum atomic E-state index is -1.86. The van der Waals surface area contributed by atoms with E-state index in [1.54, 1.807) is 4.40 Å². The van der Waals surface area contributed by atoms with E-state index in [2.05, 4.69) is 148 Å². The SMILES string of the molecule is CC(C)Cc1cc(-c2[c-]cccc2)nc[c]1[Ge]([CH3])([CH3])[CH3].Cc1ccnc(-c2[c-]ccc3c2oc2cc(-c4ccc([Si](C)(C)C)cc4)ccc23)c1.[Ir]. The van der Waals surface area contributed by atoms with Crippen LogP contribution in [0.3, 0.4) is 0 Å². The number of nitrogens with zero attached hydrogens (tertiary/aromatic N) is 2. The van der Waals surface area contributed by atoms with Crippen molar-refractivity contribution < 1.29 is 24.5 Å². The summed E-state index contributed by atoms with van der Waals surface area (Å²) < 4.78 is 7.89. The minimum absolute atomic E-state index is 0. The van der Waals surface area contributed by atoms with Gasteiger partial charge in [0.25, 0.3) is 0 Å². The first kappa shape index (κ1) is 38.6. The summed E-state index contributed by atoms with van der Waals surface area (Å²) in [5, 5.41) is 3.69. The number of furan rings is 1. The third-order valence-electron chi connectivity index (χ3n) is 9.10. The van der Waals surface area contributed by atoms with Crippen LogP contribution in [0.15, 0.2) is 114 Å². The quantitative estimate of drug-likeness (QED) is 0.118. The van der Waals surface area contributed by atoms with E-state index in [0.717, 1.165) is 50.9 Å². The van der Waals surface area contributed by atoms with Crippen LogP contribution in [0.1, 0.15) is 25.0 Å². The summed E-state index contributed by atoms with van der Waals surface area (Å²) in [7, 11) is -1.29. The molecule has 0 spiro atoms. The van der Waals surface area contributed by atoms with Crippen molar-refractivity contribution in [2.24, 2.45) is 5.92 Å². The maximum Gasteiger partial charge on any atom is 0.121 e. The van der Waals surface area contributed by atoms with E-state index >= 15 is 0 Å². The molecule has 0 N–H and O–H groups in total. The molecule has 7 rings (SSSR count). The number of pyridine rings is 2. The topological polar surface area (TPSA) is 38.9 Å². The molecule has 51 heavy (non-hydrogen) atoms. The van der Waals surface area contributed by atoms with Crippen molar-refractivity contribution in [1.29, 1.82) is 0 Å². The van der Waals surface area contributed by atoms with Crippen LogP contribution in [0.5, 0.6) is 0 Å². The van der Waals surface area contributed by atoms with E-state index < -0.39 is 21.3 Å². The van der Waals surface area contributed by atoms with Gasteiger partial charge in [0.1, 0.15) is 5.58 Å². The van der Waals surface area contributed by atoms with Crippen LogP contribution in [0.4, 0.5) is 0 Å². The van der Waals surface area contributed by atoms with E-state index in [1.165, 1.54) is 27.4 Å². The van der Waals surface area contributed by atoms with Gasteiger partial charge in [-0.25, -0.2) is 0 Å². The summed E-state index contributed by atoms with van der Waals surface area (Å²) in [5.41, 5.74) is 10.7. The number of hydrogen-bond donors (Lipinski definition) is 0. The molecule has 6 heteroatoms. The molecule has 3 nitrogen and oxygen atoms in total. The molecular formula is C45H48GeIrN2OSi-2. The van der Waals surface area contributed by atoms with Crippen LogP contribution in [0.25, 0.3) is 55.6 Å². The molecule has 0 aliphatic carbocycles. The monoisotopic (exact) mass is 927 g/mol. The first-order valence-electron chi connectivity index (χ1n) is 17.7. The molecule has 7 aromatic rings. The molecule has 0 aliphatic rings. The van der Waals surface area contributed by atoms with Crippen LogP contribution in [-0.2, 0) is 26.5 Å². The Morgan fingerprint density at radius 3 is 2.16 bits per heavy atom. The largest absolute Gasteiger partial charge is 0.501 e. The fourth-order valence-corrected chi connectivity index (χ4v) is 10.9. The Morgan fingerprint density at radius 1 is 0.765 bits per heavy atom. The molecule has 0 unspecified atom stereocenters. The fraction of sp³-hybridized carbons (Fsp3) is 0.244. The van der Waals surface area contributed by atoms with Gasteiger partial charge < -0.3 is 9.40 Å². The average molecular weight is 926 g/mol. The van der Waals surface area contributed by atoms with Gasteiger partial charge in [-0.15, -0.1) is 18.2 Å². The minimum Gasteiger partial charge on any atom is -0.501 e. The molecule has 0 fully saturated rings. The van der Waals surface area contributed by atoms with E-state index in [-0.39, 0.29) is 20.1 Å². The molecule has 0 saturated heterocycles. The first-order valence-corrected chi connectivity index (χ1v) is 28.5. The summed E-state index contributed by atoms with van der Waals surface area (Å²) in [5.74, 6) is 7.99. The normalized spacial score (nSPS) is 11.7. The second kappa shape index (κ2) is 16.0. The summed E-state index contributed by atoms with van der Waals surface area (Å²) in [6, 6.07) is 40.6. The molecule has 4 aromatic carbocycles. The zero-order valence-electron chi connectivity index (χ0n) is 31.3. The van der Waals surface area contributed by atoms with Gasteiger partial charge in [-0.05, 0) is 35.9 Å². The van der Waals surface area contributed by atoms with E-state index in [9.17, 15) is 0 Å². The Labute approximate surface area is 321 Å². The Balaban J connectivity index is 0.000000211. The van der Waals surface area contributed by atoms with Crippen LogP contribution in [0.2, 0.25) is 36.9 Å². The molecule has 3 aromatic heterocycles. The van der Waals surface area contributed by atoms with Crippen molar-refractivity contribution in [1.82, 2.24) is 9.97 Å². The van der Waals surface area contributed by atoms with Crippen molar-refractivity contribution in [3.63, 3.8) is 0 Å². The van der Waals surface area contributed by atoms with Gasteiger partial charge in [0.2, 0.25) is 0 Å². The summed E-state index contributed by atoms with van der Waals surface area (Å²) in [4.78, 5) is 9.23. The molecule has 263 valence electrons. The third-order valence-corrected chi connectivity index (χ3v) is 15.5. The molecule has 0 aliphatic heterocycles. The molecule has 0 atom stereocenters.